The Morgan fingerprint density at radius 3 is 2.40 bits per heavy atom. The summed E-state index contributed by atoms with van der Waals surface area (Å²) < 4.78 is 2.08. The van der Waals surface area contributed by atoms with Crippen molar-refractivity contribution in [2.75, 3.05) is 0 Å². The molecule has 0 saturated carbocycles. The molecule has 0 aliphatic carbocycles. The Labute approximate surface area is 126 Å². The molecular formula is C15H17N3S2. The molecule has 2 atom stereocenters. The molecule has 0 bridgehead atoms. The van der Waals surface area contributed by atoms with Crippen molar-refractivity contribution < 1.29 is 0 Å². The van der Waals surface area contributed by atoms with Gasteiger partial charge in [-0.25, -0.2) is 4.98 Å². The van der Waals surface area contributed by atoms with Gasteiger partial charge in [0.15, 0.2) is 0 Å². The first-order valence-electron chi connectivity index (χ1n) is 6.56. The van der Waals surface area contributed by atoms with Crippen LogP contribution in [0.2, 0.25) is 0 Å². The third-order valence-electron chi connectivity index (χ3n) is 3.33. The fourth-order valence-electron chi connectivity index (χ4n) is 2.26. The maximum atomic E-state index is 4.52. The lowest BCUT2D eigenvalue weighted by Crippen LogP contribution is -2.26. The van der Waals surface area contributed by atoms with E-state index in [1.807, 2.05) is 19.4 Å². The van der Waals surface area contributed by atoms with Crippen LogP contribution in [-0.4, -0.2) is 9.55 Å². The van der Waals surface area contributed by atoms with Gasteiger partial charge in [-0.15, -0.1) is 22.7 Å². The van der Waals surface area contributed by atoms with Gasteiger partial charge >= 0.3 is 0 Å². The van der Waals surface area contributed by atoms with Crippen LogP contribution >= 0.6 is 22.7 Å². The molecule has 3 aromatic rings. The summed E-state index contributed by atoms with van der Waals surface area (Å²) in [4.78, 5) is 7.16. The zero-order chi connectivity index (χ0) is 13.9. The molecule has 0 aromatic carbocycles. The van der Waals surface area contributed by atoms with Crippen molar-refractivity contribution in [2.24, 2.45) is 7.05 Å². The summed E-state index contributed by atoms with van der Waals surface area (Å²) in [5.74, 6) is 1.05. The molecule has 0 fully saturated rings. The van der Waals surface area contributed by atoms with Gasteiger partial charge in [-0.05, 0) is 29.8 Å². The largest absolute Gasteiger partial charge is 0.336 e. The summed E-state index contributed by atoms with van der Waals surface area (Å²) >= 11 is 3.55. The van der Waals surface area contributed by atoms with E-state index >= 15 is 0 Å². The molecule has 0 amide bonds. The maximum Gasteiger partial charge on any atom is 0.131 e. The first kappa shape index (κ1) is 13.5. The highest BCUT2D eigenvalue weighted by atomic mass is 32.1. The summed E-state index contributed by atoms with van der Waals surface area (Å²) in [5.41, 5.74) is 0. The van der Waals surface area contributed by atoms with Crippen LogP contribution in [0.25, 0.3) is 0 Å². The van der Waals surface area contributed by atoms with Gasteiger partial charge in [0.2, 0.25) is 0 Å². The van der Waals surface area contributed by atoms with Crippen LogP contribution in [-0.2, 0) is 7.05 Å². The highest BCUT2D eigenvalue weighted by Gasteiger charge is 2.22. The molecule has 20 heavy (non-hydrogen) atoms. The van der Waals surface area contributed by atoms with Crippen LogP contribution in [0.4, 0.5) is 0 Å². The molecule has 2 unspecified atom stereocenters. The zero-order valence-electron chi connectivity index (χ0n) is 11.5. The van der Waals surface area contributed by atoms with Crippen molar-refractivity contribution in [1.82, 2.24) is 14.9 Å². The van der Waals surface area contributed by atoms with Gasteiger partial charge in [-0.3, -0.25) is 5.32 Å². The first-order valence-corrected chi connectivity index (χ1v) is 8.31. The van der Waals surface area contributed by atoms with Gasteiger partial charge in [0, 0.05) is 35.2 Å². The second-order valence-corrected chi connectivity index (χ2v) is 6.71. The fourth-order valence-corrected chi connectivity index (χ4v) is 3.79. The van der Waals surface area contributed by atoms with E-state index in [2.05, 4.69) is 56.8 Å². The number of hydrogen-bond acceptors (Lipinski definition) is 4. The van der Waals surface area contributed by atoms with Crippen LogP contribution in [0.3, 0.4) is 0 Å². The molecule has 0 radical (unpaired) electrons. The van der Waals surface area contributed by atoms with Gasteiger partial charge < -0.3 is 4.57 Å². The number of hydrogen-bond donors (Lipinski definition) is 1. The molecular weight excluding hydrogens is 286 g/mol. The average Bonchev–Trinajstić information content (AvgIpc) is 3.18. The first-order chi connectivity index (χ1) is 9.75. The van der Waals surface area contributed by atoms with E-state index < -0.39 is 0 Å². The van der Waals surface area contributed by atoms with Gasteiger partial charge in [0.1, 0.15) is 11.9 Å². The minimum Gasteiger partial charge on any atom is -0.336 e. The Bertz CT molecular complexity index is 641. The SMILES string of the molecule is CC(NC(c1cccs1)c1nccn1C)c1cccs1. The van der Waals surface area contributed by atoms with E-state index in [-0.39, 0.29) is 6.04 Å². The second-order valence-electron chi connectivity index (χ2n) is 4.75. The topological polar surface area (TPSA) is 29.9 Å². The molecule has 5 heteroatoms. The molecule has 3 aromatic heterocycles. The van der Waals surface area contributed by atoms with Gasteiger partial charge in [0.25, 0.3) is 0 Å². The zero-order valence-corrected chi connectivity index (χ0v) is 13.1. The van der Waals surface area contributed by atoms with Crippen LogP contribution in [0.5, 0.6) is 0 Å². The summed E-state index contributed by atoms with van der Waals surface area (Å²) in [7, 11) is 2.04. The maximum absolute atomic E-state index is 4.52. The van der Waals surface area contributed by atoms with Crippen molar-refractivity contribution in [1.29, 1.82) is 0 Å². The smallest absolute Gasteiger partial charge is 0.131 e. The van der Waals surface area contributed by atoms with Crippen LogP contribution < -0.4 is 5.32 Å². The van der Waals surface area contributed by atoms with Gasteiger partial charge in [-0.2, -0.15) is 0 Å². The quantitative estimate of drug-likeness (QED) is 0.772. The molecule has 0 aliphatic rings. The predicted molar refractivity (Wildman–Crippen MR) is 85.2 cm³/mol. The van der Waals surface area contributed by atoms with Crippen molar-refractivity contribution >= 4 is 22.7 Å². The summed E-state index contributed by atoms with van der Waals surface area (Å²) in [6.45, 7) is 2.20. The number of nitrogens with zero attached hydrogens (tertiary/aromatic N) is 2. The lowest BCUT2D eigenvalue weighted by molar-refractivity contribution is 0.499. The third-order valence-corrected chi connectivity index (χ3v) is 5.32. The number of thiophene rings is 2. The number of aromatic nitrogens is 2. The fraction of sp³-hybridized carbons (Fsp3) is 0.267. The van der Waals surface area contributed by atoms with Crippen LogP contribution in [0.15, 0.2) is 47.4 Å². The van der Waals surface area contributed by atoms with Crippen LogP contribution in [0, 0.1) is 0 Å². The molecule has 3 nitrogen and oxygen atoms in total. The Kier molecular flexibility index (Phi) is 4.00. The van der Waals surface area contributed by atoms with E-state index in [1.165, 1.54) is 9.75 Å². The van der Waals surface area contributed by atoms with E-state index in [0.717, 1.165) is 5.82 Å². The van der Waals surface area contributed by atoms with E-state index in [1.54, 1.807) is 22.7 Å². The molecule has 0 spiro atoms. The molecule has 0 aliphatic heterocycles. The standard InChI is InChI=1S/C15H17N3S2/c1-11(12-5-3-9-19-12)17-14(13-6-4-10-20-13)15-16-7-8-18(15)2/h3-11,14,17H,1-2H3. The van der Waals surface area contributed by atoms with Crippen molar-refractivity contribution in [3.63, 3.8) is 0 Å². The van der Waals surface area contributed by atoms with E-state index in [4.69, 9.17) is 0 Å². The van der Waals surface area contributed by atoms with Crippen molar-refractivity contribution in [2.45, 2.75) is 19.0 Å². The minimum atomic E-state index is 0.132. The normalized spacial score (nSPS) is 14.3. The molecule has 104 valence electrons. The highest BCUT2D eigenvalue weighted by Crippen LogP contribution is 2.29. The lowest BCUT2D eigenvalue weighted by atomic mass is 10.1. The number of aryl methyl sites for hydroxylation is 1. The molecule has 1 N–H and O–H groups in total. The number of nitrogens with one attached hydrogen (secondary N) is 1. The summed E-state index contributed by atoms with van der Waals surface area (Å²) in [5, 5.41) is 7.94. The number of imidazole rings is 1. The second kappa shape index (κ2) is 5.91. The monoisotopic (exact) mass is 303 g/mol. The number of rotatable bonds is 5. The average molecular weight is 303 g/mol. The minimum absolute atomic E-state index is 0.132. The highest BCUT2D eigenvalue weighted by molar-refractivity contribution is 7.10. The Hall–Kier alpha value is -1.43. The van der Waals surface area contributed by atoms with Gasteiger partial charge in [0.05, 0.1) is 0 Å². The summed E-state index contributed by atoms with van der Waals surface area (Å²) in [6.07, 6.45) is 3.85. The Morgan fingerprint density at radius 1 is 1.15 bits per heavy atom. The van der Waals surface area contributed by atoms with Crippen molar-refractivity contribution in [3.8, 4) is 0 Å². The van der Waals surface area contributed by atoms with Crippen LogP contribution in [0.1, 0.15) is 34.6 Å². The van der Waals surface area contributed by atoms with Gasteiger partial charge in [-0.1, -0.05) is 12.1 Å². The van der Waals surface area contributed by atoms with E-state index in [9.17, 15) is 0 Å². The lowest BCUT2D eigenvalue weighted by Gasteiger charge is -2.21. The molecule has 0 saturated heterocycles. The summed E-state index contributed by atoms with van der Waals surface area (Å²) in [6, 6.07) is 8.96. The van der Waals surface area contributed by atoms with Crippen molar-refractivity contribution in [3.05, 3.63) is 63.0 Å². The molecule has 3 rings (SSSR count). The third kappa shape index (κ3) is 2.70. The predicted octanol–water partition coefficient (Wildman–Crippen LogP) is 3.98. The Balaban J connectivity index is 1.89. The Morgan fingerprint density at radius 2 is 1.85 bits per heavy atom. The van der Waals surface area contributed by atoms with E-state index in [0.29, 0.717) is 6.04 Å². The molecule has 3 heterocycles.